The standard InChI is InChI=1S/C21H22F3N3O3/c1-13-8-17-20(26-9-13)15(18(29)4-3-7-28)10-27(17)11-16-14(2)19(5-6-25-16)30-12-21(22,23)24/h5-6,8-10,28H,3-4,7,11-12H2,1-2H3. The molecule has 0 spiro atoms. The van der Waals surface area contributed by atoms with Crippen LogP contribution in [0.1, 0.15) is 40.0 Å². The second kappa shape index (κ2) is 8.83. The molecular formula is C21H22F3N3O3. The van der Waals surface area contributed by atoms with Crippen LogP contribution >= 0.6 is 0 Å². The number of aliphatic hydroxyl groups excluding tert-OH is 1. The molecule has 6 nitrogen and oxygen atoms in total. The molecule has 0 bridgehead atoms. The van der Waals surface area contributed by atoms with Crippen molar-refractivity contribution in [2.24, 2.45) is 0 Å². The summed E-state index contributed by atoms with van der Waals surface area (Å²) in [5.74, 6) is -0.0153. The van der Waals surface area contributed by atoms with Gasteiger partial charge in [0.05, 0.1) is 28.8 Å². The van der Waals surface area contributed by atoms with E-state index in [0.29, 0.717) is 28.8 Å². The number of carbonyl (C=O) groups is 1. The fourth-order valence-electron chi connectivity index (χ4n) is 3.17. The van der Waals surface area contributed by atoms with E-state index >= 15 is 0 Å². The average molecular weight is 421 g/mol. The first-order chi connectivity index (χ1) is 14.2. The van der Waals surface area contributed by atoms with Gasteiger partial charge in [-0.2, -0.15) is 13.2 Å². The molecule has 0 atom stereocenters. The van der Waals surface area contributed by atoms with Crippen molar-refractivity contribution in [2.75, 3.05) is 13.2 Å². The van der Waals surface area contributed by atoms with E-state index in [1.807, 2.05) is 17.6 Å². The zero-order chi connectivity index (χ0) is 21.9. The Balaban J connectivity index is 1.96. The third kappa shape index (κ3) is 4.96. The van der Waals surface area contributed by atoms with E-state index in [0.717, 1.165) is 11.1 Å². The van der Waals surface area contributed by atoms with Gasteiger partial charge in [0.1, 0.15) is 5.75 Å². The van der Waals surface area contributed by atoms with Crippen molar-refractivity contribution in [3.05, 3.63) is 53.1 Å². The number of carbonyl (C=O) groups excluding carboxylic acids is 1. The largest absolute Gasteiger partial charge is 0.484 e. The van der Waals surface area contributed by atoms with Crippen LogP contribution in [0.25, 0.3) is 11.0 Å². The molecular weight excluding hydrogens is 399 g/mol. The zero-order valence-electron chi connectivity index (χ0n) is 16.7. The normalized spacial score (nSPS) is 11.8. The van der Waals surface area contributed by atoms with Crippen molar-refractivity contribution < 1.29 is 27.8 Å². The first-order valence-electron chi connectivity index (χ1n) is 9.43. The van der Waals surface area contributed by atoms with Gasteiger partial charge >= 0.3 is 6.18 Å². The van der Waals surface area contributed by atoms with Crippen LogP contribution in [0.4, 0.5) is 13.2 Å². The van der Waals surface area contributed by atoms with Gasteiger partial charge in [0.15, 0.2) is 12.4 Å². The number of fused-ring (bicyclic) bond motifs is 1. The van der Waals surface area contributed by atoms with Crippen molar-refractivity contribution in [3.63, 3.8) is 0 Å². The summed E-state index contributed by atoms with van der Waals surface area (Å²) in [6.45, 7) is 2.31. The Labute approximate surface area is 171 Å². The Bertz CT molecular complexity index is 1060. The summed E-state index contributed by atoms with van der Waals surface area (Å²) < 4.78 is 44.2. The number of hydrogen-bond donors (Lipinski definition) is 1. The molecule has 0 unspecified atom stereocenters. The number of hydrogen-bond acceptors (Lipinski definition) is 5. The van der Waals surface area contributed by atoms with Gasteiger partial charge in [-0.05, 0) is 38.0 Å². The first-order valence-corrected chi connectivity index (χ1v) is 9.43. The quantitative estimate of drug-likeness (QED) is 0.557. The Kier molecular flexibility index (Phi) is 6.40. The van der Waals surface area contributed by atoms with Crippen molar-refractivity contribution in [1.82, 2.24) is 14.5 Å². The van der Waals surface area contributed by atoms with Crippen LogP contribution in [0.3, 0.4) is 0 Å². The molecule has 30 heavy (non-hydrogen) atoms. The maximum Gasteiger partial charge on any atom is 0.422 e. The lowest BCUT2D eigenvalue weighted by Gasteiger charge is -2.14. The highest BCUT2D eigenvalue weighted by Crippen LogP contribution is 2.26. The van der Waals surface area contributed by atoms with E-state index in [4.69, 9.17) is 9.84 Å². The SMILES string of the molecule is Cc1cnc2c(C(=O)CCCO)cn(Cc3nccc(OCC(F)(F)F)c3C)c2c1. The molecule has 3 rings (SSSR count). The summed E-state index contributed by atoms with van der Waals surface area (Å²) in [7, 11) is 0. The van der Waals surface area contributed by atoms with Crippen LogP contribution in [0.5, 0.6) is 5.75 Å². The lowest BCUT2D eigenvalue weighted by molar-refractivity contribution is -0.153. The van der Waals surface area contributed by atoms with Gasteiger partial charge in [0.25, 0.3) is 0 Å². The lowest BCUT2D eigenvalue weighted by atomic mass is 10.1. The molecule has 0 radical (unpaired) electrons. The van der Waals surface area contributed by atoms with Crippen molar-refractivity contribution in [1.29, 1.82) is 0 Å². The van der Waals surface area contributed by atoms with E-state index in [-0.39, 0.29) is 31.1 Å². The number of halogens is 3. The molecule has 9 heteroatoms. The third-order valence-electron chi connectivity index (χ3n) is 4.69. The summed E-state index contributed by atoms with van der Waals surface area (Å²) in [6.07, 6.45) is 0.877. The highest BCUT2D eigenvalue weighted by Gasteiger charge is 2.29. The molecule has 1 N–H and O–H groups in total. The summed E-state index contributed by atoms with van der Waals surface area (Å²) in [6, 6.07) is 3.29. The number of Topliss-reactive ketones (excluding diaryl/α,β-unsaturated/α-hetero) is 1. The second-order valence-electron chi connectivity index (χ2n) is 7.09. The van der Waals surface area contributed by atoms with Gasteiger partial charge in [0, 0.05) is 37.2 Å². The average Bonchev–Trinajstić information content (AvgIpc) is 3.03. The smallest absolute Gasteiger partial charge is 0.422 e. The van der Waals surface area contributed by atoms with E-state index in [2.05, 4.69) is 9.97 Å². The highest BCUT2D eigenvalue weighted by molar-refractivity contribution is 6.06. The molecule has 160 valence electrons. The summed E-state index contributed by atoms with van der Waals surface area (Å²) >= 11 is 0. The number of ketones is 1. The number of aliphatic hydroxyl groups is 1. The number of alkyl halides is 3. The third-order valence-corrected chi connectivity index (χ3v) is 4.69. The highest BCUT2D eigenvalue weighted by atomic mass is 19.4. The van der Waals surface area contributed by atoms with Gasteiger partial charge in [-0.25, -0.2) is 0 Å². The van der Waals surface area contributed by atoms with Crippen molar-refractivity contribution >= 4 is 16.8 Å². The molecule has 0 saturated carbocycles. The molecule has 0 aromatic carbocycles. The molecule has 0 aliphatic rings. The maximum atomic E-state index is 12.6. The summed E-state index contributed by atoms with van der Waals surface area (Å²) in [4.78, 5) is 21.2. The monoisotopic (exact) mass is 421 g/mol. The number of rotatable bonds is 8. The molecule has 0 amide bonds. The van der Waals surface area contributed by atoms with Crippen LogP contribution in [-0.2, 0) is 6.54 Å². The Hall–Kier alpha value is -2.94. The second-order valence-corrected chi connectivity index (χ2v) is 7.09. The van der Waals surface area contributed by atoms with Crippen molar-refractivity contribution in [2.45, 2.75) is 39.4 Å². The zero-order valence-corrected chi connectivity index (χ0v) is 16.7. The van der Waals surface area contributed by atoms with Crippen molar-refractivity contribution in [3.8, 4) is 5.75 Å². The van der Waals surface area contributed by atoms with Gasteiger partial charge in [-0.3, -0.25) is 14.8 Å². The predicted molar refractivity (Wildman–Crippen MR) is 105 cm³/mol. The lowest BCUT2D eigenvalue weighted by Crippen LogP contribution is -2.20. The minimum absolute atomic E-state index is 0.0786. The predicted octanol–water partition coefficient (Wildman–Crippen LogP) is 3.99. The molecule has 3 heterocycles. The fraction of sp³-hybridized carbons (Fsp3) is 0.381. The minimum atomic E-state index is -4.43. The Morgan fingerprint density at radius 2 is 2.03 bits per heavy atom. The van der Waals surface area contributed by atoms with Crippen LogP contribution < -0.4 is 4.74 Å². The van der Waals surface area contributed by atoms with Crippen LogP contribution in [-0.4, -0.2) is 44.8 Å². The van der Waals surface area contributed by atoms with Crippen LogP contribution in [0.15, 0.2) is 30.7 Å². The Morgan fingerprint density at radius 1 is 1.27 bits per heavy atom. The van der Waals surface area contributed by atoms with Gasteiger partial charge in [0.2, 0.25) is 0 Å². The fourth-order valence-corrected chi connectivity index (χ4v) is 3.17. The van der Waals surface area contributed by atoms with Crippen LogP contribution in [0, 0.1) is 13.8 Å². The van der Waals surface area contributed by atoms with Gasteiger partial charge in [-0.15, -0.1) is 0 Å². The number of pyridine rings is 2. The maximum absolute atomic E-state index is 12.6. The van der Waals surface area contributed by atoms with E-state index < -0.39 is 12.8 Å². The number of aryl methyl sites for hydroxylation is 1. The molecule has 0 aliphatic carbocycles. The molecule has 3 aromatic rings. The molecule has 0 fully saturated rings. The van der Waals surface area contributed by atoms with Gasteiger partial charge in [-0.1, -0.05) is 0 Å². The molecule has 0 saturated heterocycles. The summed E-state index contributed by atoms with van der Waals surface area (Å²) in [5.41, 5.74) is 3.65. The first kappa shape index (κ1) is 21.8. The van der Waals surface area contributed by atoms with E-state index in [1.54, 1.807) is 19.3 Å². The van der Waals surface area contributed by atoms with E-state index in [9.17, 15) is 18.0 Å². The number of nitrogens with zero attached hydrogens (tertiary/aromatic N) is 3. The topological polar surface area (TPSA) is 77.2 Å². The van der Waals surface area contributed by atoms with Crippen LogP contribution in [0.2, 0.25) is 0 Å². The van der Waals surface area contributed by atoms with E-state index in [1.165, 1.54) is 12.3 Å². The van der Waals surface area contributed by atoms with Gasteiger partial charge < -0.3 is 14.4 Å². The molecule has 3 aromatic heterocycles. The number of aromatic nitrogens is 3. The Morgan fingerprint density at radius 3 is 2.73 bits per heavy atom. The number of ether oxygens (including phenoxy) is 1. The molecule has 0 aliphatic heterocycles. The summed E-state index contributed by atoms with van der Waals surface area (Å²) in [5, 5.41) is 9.00. The minimum Gasteiger partial charge on any atom is -0.484 e.